The normalized spacial score (nSPS) is 19.3. The van der Waals surface area contributed by atoms with Gasteiger partial charge in [0.05, 0.1) is 30.4 Å². The van der Waals surface area contributed by atoms with Crippen LogP contribution in [0, 0.1) is 0 Å². The summed E-state index contributed by atoms with van der Waals surface area (Å²) >= 11 is 3.09. The highest BCUT2D eigenvalue weighted by atomic mass is 32.2. The Bertz CT molecular complexity index is 2430. The zero-order valence-corrected chi connectivity index (χ0v) is 40.9. The van der Waals surface area contributed by atoms with E-state index in [0.29, 0.717) is 43.8 Å². The molecule has 0 bridgehead atoms. The number of benzene rings is 4. The minimum absolute atomic E-state index is 0.221. The molecule has 0 saturated heterocycles. The number of thioether (sulfide) groups is 2. The van der Waals surface area contributed by atoms with Crippen molar-refractivity contribution in [1.29, 1.82) is 0 Å². The van der Waals surface area contributed by atoms with E-state index in [2.05, 4.69) is 38.3 Å². The van der Waals surface area contributed by atoms with E-state index in [1.165, 1.54) is 73.6 Å². The average Bonchev–Trinajstić information content (AvgIpc) is 4.07. The summed E-state index contributed by atoms with van der Waals surface area (Å²) in [6, 6.07) is 29.0. The van der Waals surface area contributed by atoms with Crippen molar-refractivity contribution in [1.82, 2.24) is 0 Å². The fraction of sp³-hybridized carbons (Fsp3) is 0.368. The molecule has 2 aliphatic heterocycles. The third kappa shape index (κ3) is 10.9. The molecule has 2 heterocycles. The number of carbonyl (C=O) groups is 4. The first-order chi connectivity index (χ1) is 32.5. The number of allylic oxidation sites excluding steroid dienone is 4. The van der Waals surface area contributed by atoms with Gasteiger partial charge in [-0.1, -0.05) is 89.5 Å². The molecule has 348 valence electrons. The highest BCUT2D eigenvalue weighted by Gasteiger charge is 2.60. The molecule has 0 radical (unpaired) electrons. The third-order valence-electron chi connectivity index (χ3n) is 13.6. The van der Waals surface area contributed by atoms with Gasteiger partial charge in [0.1, 0.15) is 11.5 Å². The van der Waals surface area contributed by atoms with Crippen molar-refractivity contribution < 1.29 is 28.7 Å². The van der Waals surface area contributed by atoms with Crippen LogP contribution in [0.3, 0.4) is 0 Å². The smallest absolute Gasteiger partial charge is 0.343 e. The van der Waals surface area contributed by atoms with E-state index in [0.717, 1.165) is 56.1 Å². The van der Waals surface area contributed by atoms with Gasteiger partial charge in [0.15, 0.2) is 0 Å². The van der Waals surface area contributed by atoms with Crippen molar-refractivity contribution in [2.75, 3.05) is 10.6 Å². The molecule has 0 spiro atoms. The second kappa shape index (κ2) is 21.6. The lowest BCUT2D eigenvalue weighted by Crippen LogP contribution is -2.47. The van der Waals surface area contributed by atoms with Gasteiger partial charge in [-0.2, -0.15) is 0 Å². The molecule has 8 rings (SSSR count). The van der Waals surface area contributed by atoms with Crippen LogP contribution in [-0.2, 0) is 22.4 Å². The maximum atomic E-state index is 13.9. The minimum Gasteiger partial charge on any atom is -0.423 e. The van der Waals surface area contributed by atoms with Crippen molar-refractivity contribution in [3.05, 3.63) is 164 Å². The van der Waals surface area contributed by atoms with Crippen molar-refractivity contribution in [3.63, 3.8) is 0 Å². The van der Waals surface area contributed by atoms with Crippen LogP contribution >= 0.6 is 23.5 Å². The lowest BCUT2D eigenvalue weighted by molar-refractivity contribution is -0.113. The summed E-state index contributed by atoms with van der Waals surface area (Å²) < 4.78 is 10.3. The Morgan fingerprint density at radius 2 is 0.881 bits per heavy atom. The number of hydrogen-bond donors (Lipinski definition) is 2. The number of nitrogens with one attached hydrogen (secondary N) is 2. The summed E-state index contributed by atoms with van der Waals surface area (Å²) in [4.78, 5) is 55.1. The third-order valence-corrected chi connectivity index (χ3v) is 16.8. The highest BCUT2D eigenvalue weighted by Crippen LogP contribution is 2.68. The number of unbranched alkanes of at least 4 members (excludes halogenated alkanes) is 8. The Hall–Kier alpha value is -5.58. The van der Waals surface area contributed by atoms with E-state index in [9.17, 15) is 19.2 Å². The van der Waals surface area contributed by atoms with Crippen molar-refractivity contribution in [2.24, 2.45) is 0 Å². The first-order valence-corrected chi connectivity index (χ1v) is 25.9. The second-order valence-corrected chi connectivity index (χ2v) is 21.3. The number of rotatable bonds is 20. The Morgan fingerprint density at radius 1 is 0.507 bits per heavy atom. The van der Waals surface area contributed by atoms with Gasteiger partial charge in [0, 0.05) is 11.4 Å². The van der Waals surface area contributed by atoms with Gasteiger partial charge in [-0.25, -0.2) is 9.59 Å². The van der Waals surface area contributed by atoms with Crippen LogP contribution < -0.4 is 20.1 Å². The van der Waals surface area contributed by atoms with Gasteiger partial charge in [-0.3, -0.25) is 9.59 Å². The monoisotopic (exact) mass is 934 g/mol. The van der Waals surface area contributed by atoms with E-state index in [1.807, 2.05) is 60.7 Å². The fourth-order valence-electron chi connectivity index (χ4n) is 9.58. The van der Waals surface area contributed by atoms with Gasteiger partial charge in [-0.15, -0.1) is 23.5 Å². The number of amides is 2. The first-order valence-electron chi connectivity index (χ1n) is 24.2. The Balaban J connectivity index is 0.854. The number of carbonyl (C=O) groups excluding carboxylic acids is 4. The predicted molar refractivity (Wildman–Crippen MR) is 274 cm³/mol. The molecule has 4 aromatic rings. The second-order valence-electron chi connectivity index (χ2n) is 18.4. The Labute approximate surface area is 404 Å². The average molecular weight is 935 g/mol. The molecule has 1 saturated carbocycles. The first kappa shape index (κ1) is 47.9. The summed E-state index contributed by atoms with van der Waals surface area (Å²) in [5.41, 5.74) is 9.26. The molecule has 2 unspecified atom stereocenters. The maximum Gasteiger partial charge on any atom is 0.343 e. The summed E-state index contributed by atoms with van der Waals surface area (Å²) in [5.74, 6) is -0.360. The molecule has 67 heavy (non-hydrogen) atoms. The molecular formula is C57H62N2O6S2. The molecule has 0 aromatic heterocycles. The summed E-state index contributed by atoms with van der Waals surface area (Å²) in [6.45, 7) is 8.82. The van der Waals surface area contributed by atoms with Gasteiger partial charge >= 0.3 is 11.9 Å². The molecule has 1 fully saturated rings. The predicted octanol–water partition coefficient (Wildman–Crippen LogP) is 14.3. The molecule has 4 aliphatic rings. The van der Waals surface area contributed by atoms with Gasteiger partial charge < -0.3 is 20.1 Å². The molecule has 2 N–H and O–H groups in total. The maximum absolute atomic E-state index is 13.9. The van der Waals surface area contributed by atoms with Crippen LogP contribution in [0.2, 0.25) is 0 Å². The molecule has 10 heteroatoms. The molecule has 2 atom stereocenters. The Morgan fingerprint density at radius 3 is 1.25 bits per heavy atom. The topological polar surface area (TPSA) is 111 Å². The van der Waals surface area contributed by atoms with Crippen LogP contribution in [0.5, 0.6) is 11.5 Å². The fourth-order valence-corrected chi connectivity index (χ4v) is 12.5. The molecular weight excluding hydrogens is 873 g/mol. The largest absolute Gasteiger partial charge is 0.423 e. The SMILES string of the molecule is CCCCCCCc1ccc(OC(=O)c2ccc(NC(=O)C3=CC4=C5CCCC5=C5C=C(C(=O)Nc6ccc(C(=O)Oc7ccc(CCCCCCC)cc7)cc6)SC5(C)C4(C)S3)cc2)cc1. The molecule has 4 aromatic carbocycles. The van der Waals surface area contributed by atoms with E-state index in [4.69, 9.17) is 9.47 Å². The van der Waals surface area contributed by atoms with Crippen LogP contribution in [0.4, 0.5) is 11.4 Å². The number of aryl methyl sites for hydroxylation is 2. The van der Waals surface area contributed by atoms with Gasteiger partial charge in [0.2, 0.25) is 0 Å². The number of esters is 2. The van der Waals surface area contributed by atoms with Crippen molar-refractivity contribution in [2.45, 2.75) is 134 Å². The van der Waals surface area contributed by atoms with E-state index in [1.54, 1.807) is 72.1 Å². The molecule has 2 aliphatic carbocycles. The number of fused-ring (bicyclic) bond motifs is 4. The number of anilines is 2. The highest BCUT2D eigenvalue weighted by molar-refractivity contribution is 8.10. The quantitative estimate of drug-likeness (QED) is 0.0512. The van der Waals surface area contributed by atoms with E-state index >= 15 is 0 Å². The van der Waals surface area contributed by atoms with E-state index < -0.39 is 21.4 Å². The van der Waals surface area contributed by atoms with Crippen molar-refractivity contribution >= 4 is 58.7 Å². The van der Waals surface area contributed by atoms with E-state index in [-0.39, 0.29) is 11.8 Å². The number of hydrogen-bond acceptors (Lipinski definition) is 8. The lowest BCUT2D eigenvalue weighted by Gasteiger charge is -2.46. The van der Waals surface area contributed by atoms with Gasteiger partial charge in [0.25, 0.3) is 11.8 Å². The lowest BCUT2D eigenvalue weighted by atomic mass is 9.72. The zero-order valence-electron chi connectivity index (χ0n) is 39.3. The van der Waals surface area contributed by atoms with Crippen LogP contribution in [0.15, 0.2) is 141 Å². The Kier molecular flexibility index (Phi) is 15.4. The zero-order chi connectivity index (χ0) is 47.0. The summed E-state index contributed by atoms with van der Waals surface area (Å²) in [7, 11) is 0. The minimum atomic E-state index is -0.515. The summed E-state index contributed by atoms with van der Waals surface area (Å²) in [5, 5.41) is 6.11. The van der Waals surface area contributed by atoms with Crippen LogP contribution in [-0.4, -0.2) is 33.2 Å². The standard InChI is InChI=1S/C57H62N2O6S2/c1-5-7-9-11-13-16-38-20-32-44(33-21-38)64-54(62)40-24-28-42(29-25-40)58-52(60)50-36-48-46-18-15-19-47(46)49-37-51(67-57(49,4)56(48,3)66-50)53(61)59-43-30-26-41(27-31-43)55(63)65-45-34-22-39(23-35-45)17-14-12-10-8-6-2/h20-37H,5-19H2,1-4H3,(H,58,60)(H,59,61). The van der Waals surface area contributed by atoms with Crippen LogP contribution in [0.25, 0.3) is 0 Å². The molecule has 2 amide bonds. The molecule has 8 nitrogen and oxygen atoms in total. The van der Waals surface area contributed by atoms with Crippen LogP contribution in [0.1, 0.15) is 143 Å². The van der Waals surface area contributed by atoms with Crippen molar-refractivity contribution in [3.8, 4) is 11.5 Å². The van der Waals surface area contributed by atoms with Gasteiger partial charge in [-0.05, 0) is 177 Å². The summed E-state index contributed by atoms with van der Waals surface area (Å²) in [6.07, 6.45) is 21.3. The number of ether oxygens (including phenoxy) is 2.